The lowest BCUT2D eigenvalue weighted by atomic mass is 9.95. The number of likely N-dealkylation sites (tertiary alicyclic amines) is 1. The molecule has 25 heavy (non-hydrogen) atoms. The predicted octanol–water partition coefficient (Wildman–Crippen LogP) is 4.00. The number of amides is 1. The minimum absolute atomic E-state index is 0.214. The van der Waals surface area contributed by atoms with Crippen LogP contribution in [-0.2, 0) is 11.3 Å². The van der Waals surface area contributed by atoms with E-state index in [0.29, 0.717) is 0 Å². The first-order valence-electron chi connectivity index (χ1n) is 9.88. The number of hydrogen-bond acceptors (Lipinski definition) is 3. The van der Waals surface area contributed by atoms with Crippen molar-refractivity contribution < 1.29 is 4.79 Å². The maximum absolute atomic E-state index is 12.4. The third-order valence-corrected chi connectivity index (χ3v) is 6.92. The SMILES string of the molecule is Cc1ccc(CN2CCC(C(=O)NCCSC3CCCC3)CC2)cc1. The Morgan fingerprint density at radius 3 is 2.48 bits per heavy atom. The number of aryl methyl sites for hydroxylation is 1. The average Bonchev–Trinajstić information content (AvgIpc) is 3.15. The lowest BCUT2D eigenvalue weighted by molar-refractivity contribution is -0.126. The number of piperidine rings is 1. The summed E-state index contributed by atoms with van der Waals surface area (Å²) >= 11 is 2.05. The van der Waals surface area contributed by atoms with Crippen LogP contribution in [0.3, 0.4) is 0 Å². The monoisotopic (exact) mass is 360 g/mol. The highest BCUT2D eigenvalue weighted by Crippen LogP contribution is 2.29. The van der Waals surface area contributed by atoms with Gasteiger partial charge in [-0.05, 0) is 51.3 Å². The fourth-order valence-corrected chi connectivity index (χ4v) is 5.12. The van der Waals surface area contributed by atoms with Gasteiger partial charge in [0.2, 0.25) is 5.91 Å². The third kappa shape index (κ3) is 6.03. The maximum atomic E-state index is 12.4. The topological polar surface area (TPSA) is 32.3 Å². The van der Waals surface area contributed by atoms with Crippen LogP contribution in [-0.4, -0.2) is 41.4 Å². The summed E-state index contributed by atoms with van der Waals surface area (Å²) in [5.74, 6) is 1.57. The van der Waals surface area contributed by atoms with Crippen LogP contribution in [0.4, 0.5) is 0 Å². The van der Waals surface area contributed by atoms with Crippen LogP contribution in [0.1, 0.15) is 49.7 Å². The zero-order valence-corrected chi connectivity index (χ0v) is 16.3. The van der Waals surface area contributed by atoms with E-state index in [1.165, 1.54) is 36.8 Å². The molecule has 1 saturated heterocycles. The first kappa shape index (κ1) is 18.8. The van der Waals surface area contributed by atoms with Gasteiger partial charge in [0, 0.05) is 30.0 Å². The number of benzene rings is 1. The number of nitrogens with zero attached hydrogens (tertiary/aromatic N) is 1. The number of nitrogens with one attached hydrogen (secondary N) is 1. The number of carbonyl (C=O) groups is 1. The highest BCUT2D eigenvalue weighted by molar-refractivity contribution is 7.99. The molecule has 3 rings (SSSR count). The van der Waals surface area contributed by atoms with Crippen molar-refractivity contribution in [2.75, 3.05) is 25.4 Å². The van der Waals surface area contributed by atoms with E-state index in [1.54, 1.807) is 0 Å². The van der Waals surface area contributed by atoms with Crippen molar-refractivity contribution in [1.82, 2.24) is 10.2 Å². The van der Waals surface area contributed by atoms with Gasteiger partial charge in [-0.3, -0.25) is 9.69 Å². The van der Waals surface area contributed by atoms with Gasteiger partial charge in [-0.1, -0.05) is 42.7 Å². The Labute approximate surface area is 156 Å². The quantitative estimate of drug-likeness (QED) is 0.746. The van der Waals surface area contributed by atoms with Crippen molar-refractivity contribution in [1.29, 1.82) is 0 Å². The van der Waals surface area contributed by atoms with Gasteiger partial charge in [-0.25, -0.2) is 0 Å². The van der Waals surface area contributed by atoms with Crippen LogP contribution in [0, 0.1) is 12.8 Å². The summed E-state index contributed by atoms with van der Waals surface area (Å²) in [7, 11) is 0. The first-order chi connectivity index (χ1) is 12.2. The van der Waals surface area contributed by atoms with Crippen molar-refractivity contribution in [2.24, 2.45) is 5.92 Å². The Morgan fingerprint density at radius 1 is 1.12 bits per heavy atom. The van der Waals surface area contributed by atoms with Crippen molar-refractivity contribution in [3.8, 4) is 0 Å². The van der Waals surface area contributed by atoms with E-state index in [9.17, 15) is 4.79 Å². The summed E-state index contributed by atoms with van der Waals surface area (Å²) in [5, 5.41) is 4.02. The second kappa shape index (κ2) is 9.63. The van der Waals surface area contributed by atoms with Crippen LogP contribution in [0.25, 0.3) is 0 Å². The standard InChI is InChI=1S/C21H32N2OS/c1-17-6-8-18(9-7-17)16-23-13-10-19(11-14-23)21(24)22-12-15-25-20-4-2-3-5-20/h6-9,19-20H,2-5,10-16H2,1H3,(H,22,24). The molecule has 1 aliphatic carbocycles. The molecule has 0 bridgehead atoms. The predicted molar refractivity (Wildman–Crippen MR) is 107 cm³/mol. The second-order valence-corrected chi connectivity index (χ2v) is 9.01. The van der Waals surface area contributed by atoms with Crippen molar-refractivity contribution in [3.05, 3.63) is 35.4 Å². The Bertz CT molecular complexity index is 531. The van der Waals surface area contributed by atoms with E-state index in [2.05, 4.69) is 53.2 Å². The van der Waals surface area contributed by atoms with Gasteiger partial charge in [0.25, 0.3) is 0 Å². The molecule has 1 N–H and O–H groups in total. The normalized spacial score (nSPS) is 20.0. The molecule has 0 aromatic heterocycles. The molecule has 2 aliphatic rings. The number of rotatable bonds is 7. The van der Waals surface area contributed by atoms with E-state index >= 15 is 0 Å². The van der Waals surface area contributed by atoms with Crippen molar-refractivity contribution in [3.63, 3.8) is 0 Å². The Morgan fingerprint density at radius 2 is 1.80 bits per heavy atom. The van der Waals surface area contributed by atoms with Crippen molar-refractivity contribution >= 4 is 17.7 Å². The minimum atomic E-state index is 0.214. The molecule has 138 valence electrons. The van der Waals surface area contributed by atoms with E-state index < -0.39 is 0 Å². The zero-order chi connectivity index (χ0) is 17.5. The lowest BCUT2D eigenvalue weighted by Gasteiger charge is -2.31. The van der Waals surface area contributed by atoms with Gasteiger partial charge in [0.05, 0.1) is 0 Å². The van der Waals surface area contributed by atoms with Gasteiger partial charge >= 0.3 is 0 Å². The molecular weight excluding hydrogens is 328 g/mol. The Kier molecular flexibility index (Phi) is 7.23. The van der Waals surface area contributed by atoms with Gasteiger partial charge in [0.15, 0.2) is 0 Å². The molecule has 0 radical (unpaired) electrons. The molecule has 1 aromatic carbocycles. The van der Waals surface area contributed by atoms with Crippen molar-refractivity contribution in [2.45, 2.75) is 57.2 Å². The molecule has 0 atom stereocenters. The molecule has 0 spiro atoms. The lowest BCUT2D eigenvalue weighted by Crippen LogP contribution is -2.40. The maximum Gasteiger partial charge on any atom is 0.223 e. The summed E-state index contributed by atoms with van der Waals surface area (Å²) in [6.45, 7) is 6.03. The number of thioether (sulfide) groups is 1. The minimum Gasteiger partial charge on any atom is -0.355 e. The molecule has 1 aromatic rings. The molecule has 1 heterocycles. The molecule has 1 saturated carbocycles. The smallest absolute Gasteiger partial charge is 0.223 e. The summed E-state index contributed by atoms with van der Waals surface area (Å²) in [6.07, 6.45) is 7.52. The molecule has 2 fully saturated rings. The third-order valence-electron chi connectivity index (χ3n) is 5.54. The average molecular weight is 361 g/mol. The second-order valence-electron chi connectivity index (χ2n) is 7.60. The highest BCUT2D eigenvalue weighted by atomic mass is 32.2. The number of hydrogen-bond donors (Lipinski definition) is 1. The molecule has 0 unspecified atom stereocenters. The molecule has 3 nitrogen and oxygen atoms in total. The van der Waals surface area contributed by atoms with Crippen LogP contribution >= 0.6 is 11.8 Å². The van der Waals surface area contributed by atoms with Gasteiger partial charge in [-0.2, -0.15) is 11.8 Å². The first-order valence-corrected chi connectivity index (χ1v) is 10.9. The van der Waals surface area contributed by atoms with Crippen LogP contribution < -0.4 is 5.32 Å². The summed E-state index contributed by atoms with van der Waals surface area (Å²) in [6, 6.07) is 8.80. The van der Waals surface area contributed by atoms with E-state index in [-0.39, 0.29) is 11.8 Å². The fourth-order valence-electron chi connectivity index (χ4n) is 3.90. The van der Waals surface area contributed by atoms with Gasteiger partial charge < -0.3 is 5.32 Å². The van der Waals surface area contributed by atoms with Crippen LogP contribution in [0.2, 0.25) is 0 Å². The van der Waals surface area contributed by atoms with Crippen LogP contribution in [0.15, 0.2) is 24.3 Å². The molecule has 1 aliphatic heterocycles. The Hall–Kier alpha value is -1.00. The summed E-state index contributed by atoms with van der Waals surface area (Å²) in [5.41, 5.74) is 2.68. The van der Waals surface area contributed by atoms with E-state index in [0.717, 1.165) is 50.0 Å². The summed E-state index contributed by atoms with van der Waals surface area (Å²) < 4.78 is 0. The van der Waals surface area contributed by atoms with E-state index in [4.69, 9.17) is 0 Å². The van der Waals surface area contributed by atoms with Gasteiger partial charge in [-0.15, -0.1) is 0 Å². The summed E-state index contributed by atoms with van der Waals surface area (Å²) in [4.78, 5) is 14.8. The van der Waals surface area contributed by atoms with E-state index in [1.807, 2.05) is 0 Å². The van der Waals surface area contributed by atoms with Crippen LogP contribution in [0.5, 0.6) is 0 Å². The zero-order valence-electron chi connectivity index (χ0n) is 15.5. The molecule has 1 amide bonds. The largest absolute Gasteiger partial charge is 0.355 e. The number of carbonyl (C=O) groups excluding carboxylic acids is 1. The van der Waals surface area contributed by atoms with Gasteiger partial charge in [0.1, 0.15) is 0 Å². The Balaban J connectivity index is 1.31. The fraction of sp³-hybridized carbons (Fsp3) is 0.667. The highest BCUT2D eigenvalue weighted by Gasteiger charge is 2.24. The molecule has 4 heteroatoms. The molecular formula is C21H32N2OS.